The normalized spacial score (nSPS) is 28.9. The van der Waals surface area contributed by atoms with Gasteiger partial charge in [0.25, 0.3) is 11.1 Å². The predicted octanol–water partition coefficient (Wildman–Crippen LogP) is -2.05. The van der Waals surface area contributed by atoms with Gasteiger partial charge in [-0.3, -0.25) is 69.5 Å². The molecule has 15 atom stereocenters. The third-order valence-corrected chi connectivity index (χ3v) is 16.8. The number of rotatable bonds is 22. The van der Waals surface area contributed by atoms with Crippen molar-refractivity contribution >= 4 is 71.2 Å². The Morgan fingerprint density at radius 2 is 1.10 bits per heavy atom. The second-order valence-electron chi connectivity index (χ2n) is 18.9. The zero-order valence-corrected chi connectivity index (χ0v) is 46.1. The minimum absolute atomic E-state index is 0.0422. The lowest BCUT2D eigenvalue weighted by Crippen LogP contribution is -2.33. The number of phosphoric ester groups is 4. The Morgan fingerprint density at radius 3 is 1.66 bits per heavy atom. The standard InChI is InChI=1S/C39H51N15O25P4/c1-16-8-52(39(59)50-35(16)56)28-6-19(78-81(63,64)70-9-21-17(55)4-26(73-21)53-14-45-30-32(41)43-13-44-33(30)53)23(75-28)11-71-83(67,68)79-20-7-29(54-15-46-31-34(54)48-37(42)49-36(31)57)76-24(20)12-72-82(65,66)77-18-5-27(51-3-2-25(40)47-38(51)58)74-22(18)10-69-80(60,61)62/h2-3,8,13-15,17-24,26-29,55H,4-7,9-12H2,1H3,(H,63,64)(H,65,66)(H,67,68)(H2,40,47,58)(H2,41,43,44)(H,50,56,59)(H2,60,61,62)(H3,42,48,49,57)/t17-,18-,19-,20-,21+,22+,23+,24+,26+,27+,28+,29+/m0/s1. The van der Waals surface area contributed by atoms with Crippen molar-refractivity contribution in [1.29, 1.82) is 0 Å². The summed E-state index contributed by atoms with van der Waals surface area (Å²) in [5, 5.41) is 10.9. The largest absolute Gasteiger partial charge is 0.472 e. The van der Waals surface area contributed by atoms with Crippen LogP contribution in [0.15, 0.2) is 56.6 Å². The van der Waals surface area contributed by atoms with E-state index >= 15 is 0 Å². The number of phosphoric acid groups is 4. The van der Waals surface area contributed by atoms with Crippen LogP contribution in [0.4, 0.5) is 17.6 Å². The molecule has 0 bridgehead atoms. The van der Waals surface area contributed by atoms with Crippen molar-refractivity contribution in [3.8, 4) is 0 Å². The Labute approximate surface area is 461 Å². The first-order chi connectivity index (χ1) is 39.1. The first-order valence-electron chi connectivity index (χ1n) is 24.4. The first kappa shape index (κ1) is 60.2. The number of nitrogens with one attached hydrogen (secondary N) is 2. The molecule has 6 aromatic heterocycles. The fourth-order valence-corrected chi connectivity index (χ4v) is 12.6. The third kappa shape index (κ3) is 13.8. The zero-order chi connectivity index (χ0) is 59.5. The topological polar surface area (TPSA) is 566 Å². The van der Waals surface area contributed by atoms with Crippen LogP contribution in [-0.2, 0) is 68.9 Å². The van der Waals surface area contributed by atoms with Crippen molar-refractivity contribution in [3.05, 3.63) is 84.7 Å². The minimum atomic E-state index is -5.46. The summed E-state index contributed by atoms with van der Waals surface area (Å²) >= 11 is 0. The molecule has 4 aliphatic rings. The fraction of sp³-hybridized carbons (Fsp3) is 0.538. The van der Waals surface area contributed by atoms with Crippen LogP contribution < -0.4 is 39.7 Å². The summed E-state index contributed by atoms with van der Waals surface area (Å²) in [6.45, 7) is -2.33. The van der Waals surface area contributed by atoms with Crippen molar-refractivity contribution in [2.24, 2.45) is 0 Å². The smallest absolute Gasteiger partial charge is 0.390 e. The zero-order valence-electron chi connectivity index (χ0n) is 42.5. The quantitative estimate of drug-likeness (QED) is 0.0326. The van der Waals surface area contributed by atoms with Crippen molar-refractivity contribution in [1.82, 2.24) is 58.1 Å². The lowest BCUT2D eigenvalue weighted by atomic mass is 10.2. The number of nitrogen functional groups attached to an aromatic ring is 3. The highest BCUT2D eigenvalue weighted by atomic mass is 31.2. The van der Waals surface area contributed by atoms with Gasteiger partial charge in [0.15, 0.2) is 22.6 Å². The van der Waals surface area contributed by atoms with E-state index in [0.717, 1.165) is 21.7 Å². The van der Waals surface area contributed by atoms with Gasteiger partial charge in [-0.25, -0.2) is 47.8 Å². The summed E-state index contributed by atoms with van der Waals surface area (Å²) in [7, 11) is -21.2. The Bertz CT molecular complexity index is 3850. The Balaban J connectivity index is 0.843. The maximum Gasteiger partial charge on any atom is 0.472 e. The number of nitrogens with zero attached hydrogens (tertiary/aromatic N) is 10. The van der Waals surface area contributed by atoms with Crippen molar-refractivity contribution in [2.75, 3.05) is 43.6 Å². The van der Waals surface area contributed by atoms with Crippen LogP contribution in [0.3, 0.4) is 0 Å². The van der Waals surface area contributed by atoms with Crippen LogP contribution >= 0.6 is 31.3 Å². The average molecular weight is 1250 g/mol. The number of fused-ring (bicyclic) bond motifs is 2. The number of aryl methyl sites for hydroxylation is 1. The number of hydrogen-bond donors (Lipinski definition) is 11. The number of aromatic nitrogens is 12. The molecule has 0 radical (unpaired) electrons. The Kier molecular flexibility index (Phi) is 17.1. The number of imidazole rings is 2. The van der Waals surface area contributed by atoms with Crippen LogP contribution in [0, 0.1) is 6.92 Å². The van der Waals surface area contributed by atoms with Crippen LogP contribution in [0.5, 0.6) is 0 Å². The summed E-state index contributed by atoms with van der Waals surface area (Å²) in [5.74, 6) is -0.417. The summed E-state index contributed by atoms with van der Waals surface area (Å²) < 4.78 is 118. The van der Waals surface area contributed by atoms with Gasteiger partial charge in [-0.15, -0.1) is 0 Å². The van der Waals surface area contributed by atoms with E-state index in [2.05, 4.69) is 44.4 Å². The number of H-pyrrole nitrogens is 2. The van der Waals surface area contributed by atoms with Gasteiger partial charge in [0.1, 0.15) is 85.3 Å². The number of aliphatic hydroxyl groups is 1. The molecule has 0 saturated carbocycles. The van der Waals surface area contributed by atoms with E-state index < -0.39 is 173 Å². The average Bonchev–Trinajstić information content (AvgIpc) is 4.48. The van der Waals surface area contributed by atoms with E-state index in [4.69, 9.17) is 63.3 Å². The molecule has 14 N–H and O–H groups in total. The second-order valence-corrected chi connectivity index (χ2v) is 24.4. The molecular weight excluding hydrogens is 1200 g/mol. The molecule has 10 rings (SSSR count). The van der Waals surface area contributed by atoms with Gasteiger partial charge >= 0.3 is 42.7 Å². The monoisotopic (exact) mass is 1250 g/mol. The summed E-state index contributed by atoms with van der Waals surface area (Å²) in [4.78, 5) is 131. The van der Waals surface area contributed by atoms with Crippen molar-refractivity contribution in [2.45, 2.75) is 106 Å². The second kappa shape index (κ2) is 23.5. The van der Waals surface area contributed by atoms with E-state index in [9.17, 15) is 67.0 Å². The van der Waals surface area contributed by atoms with Gasteiger partial charge in [0.05, 0.1) is 45.2 Å². The molecular formula is C39H51N15O25P4. The number of aliphatic hydroxyl groups excluding tert-OH is 1. The van der Waals surface area contributed by atoms with Crippen LogP contribution in [-0.4, -0.2) is 163 Å². The molecule has 4 fully saturated rings. The number of hydrogen-bond acceptors (Lipinski definition) is 29. The summed E-state index contributed by atoms with van der Waals surface area (Å²) in [5.41, 5.74) is 14.1. The number of nitrogens with two attached hydrogens (primary N) is 3. The van der Waals surface area contributed by atoms with Gasteiger partial charge < -0.3 is 65.7 Å². The maximum atomic E-state index is 14.0. The number of ether oxygens (including phenoxy) is 4. The van der Waals surface area contributed by atoms with Crippen molar-refractivity contribution in [3.63, 3.8) is 0 Å². The molecule has 6 aromatic rings. The predicted molar refractivity (Wildman–Crippen MR) is 271 cm³/mol. The van der Waals surface area contributed by atoms with E-state index in [-0.39, 0.29) is 51.9 Å². The highest BCUT2D eigenvalue weighted by Gasteiger charge is 2.49. The highest BCUT2D eigenvalue weighted by Crippen LogP contribution is 2.54. The molecule has 10 heterocycles. The minimum Gasteiger partial charge on any atom is -0.390 e. The van der Waals surface area contributed by atoms with Gasteiger partial charge in [0, 0.05) is 43.6 Å². The van der Waals surface area contributed by atoms with Gasteiger partial charge in [0.2, 0.25) is 5.95 Å². The molecule has 3 unspecified atom stereocenters. The molecule has 0 aromatic carbocycles. The molecule has 0 aliphatic carbocycles. The van der Waals surface area contributed by atoms with E-state index in [1.54, 1.807) is 0 Å². The molecule has 4 aliphatic heterocycles. The highest BCUT2D eigenvalue weighted by molar-refractivity contribution is 7.48. The lowest BCUT2D eigenvalue weighted by molar-refractivity contribution is -0.0629. The molecule has 40 nitrogen and oxygen atoms in total. The summed E-state index contributed by atoms with van der Waals surface area (Å²) in [6, 6.07) is 1.23. The third-order valence-electron chi connectivity index (χ3n) is 13.2. The summed E-state index contributed by atoms with van der Waals surface area (Å²) in [6.07, 6.45) is -12.5. The molecule has 83 heavy (non-hydrogen) atoms. The van der Waals surface area contributed by atoms with Gasteiger partial charge in [-0.2, -0.15) is 9.97 Å². The van der Waals surface area contributed by atoms with E-state index in [0.29, 0.717) is 0 Å². The lowest BCUT2D eigenvalue weighted by Gasteiger charge is -2.25. The van der Waals surface area contributed by atoms with Crippen LogP contribution in [0.2, 0.25) is 0 Å². The SMILES string of the molecule is Cc1cn([C@H]2C[C@H](OP(=O)(O)OC[C@H]3O[C@@H](n4cnc5c(N)ncnc54)C[C@@H]3O)[C@@H](COP(=O)(O)O[C@H]3C[C@H](n4cnc5c(=O)[nH]c(N)nc54)O[C@@H]3COP(=O)(O)O[C@H]3C[C@H](n4ccc(N)nc4=O)O[C@@H]3COP(=O)(O)O)O2)c(=O)[nH]c1=O. The fourth-order valence-electron chi connectivity index (χ4n) is 9.39. The maximum absolute atomic E-state index is 14.0. The van der Waals surface area contributed by atoms with E-state index in [1.165, 1.54) is 41.0 Å². The molecule has 0 amide bonds. The molecule has 4 saturated heterocycles. The number of anilines is 3. The first-order valence-corrected chi connectivity index (χ1v) is 30.4. The Hall–Kier alpha value is -5.90. The van der Waals surface area contributed by atoms with Crippen LogP contribution in [0.1, 0.15) is 56.2 Å². The van der Waals surface area contributed by atoms with Crippen LogP contribution in [0.25, 0.3) is 22.3 Å². The molecule has 452 valence electrons. The molecule has 44 heteroatoms. The van der Waals surface area contributed by atoms with Crippen molar-refractivity contribution < 1.29 is 98.4 Å². The number of aromatic amines is 2. The Morgan fingerprint density at radius 1 is 0.602 bits per heavy atom. The van der Waals surface area contributed by atoms with Gasteiger partial charge in [-0.05, 0) is 13.0 Å². The van der Waals surface area contributed by atoms with E-state index in [1.807, 2.05) is 0 Å². The molecule has 0 spiro atoms. The van der Waals surface area contributed by atoms with Gasteiger partial charge in [-0.1, -0.05) is 0 Å².